The van der Waals surface area contributed by atoms with E-state index in [1.54, 1.807) is 0 Å². The van der Waals surface area contributed by atoms with E-state index in [0.717, 1.165) is 26.2 Å². The van der Waals surface area contributed by atoms with E-state index in [1.165, 1.54) is 0 Å². The summed E-state index contributed by atoms with van der Waals surface area (Å²) in [6.45, 7) is 11.9. The normalized spacial score (nSPS) is 19.3. The molecule has 1 aliphatic rings. The molecule has 0 saturated carbocycles. The Morgan fingerprint density at radius 3 is 2.41 bits per heavy atom. The van der Waals surface area contributed by atoms with Crippen LogP contribution in [-0.2, 0) is 16.8 Å². The molecule has 7 heteroatoms. The summed E-state index contributed by atoms with van der Waals surface area (Å²) in [6, 6.07) is -0.375. The van der Waals surface area contributed by atoms with Gasteiger partial charge in [0.1, 0.15) is 6.04 Å². The fourth-order valence-corrected chi connectivity index (χ4v) is 2.64. The third kappa shape index (κ3) is 4.04. The fraction of sp³-hybridized carbons (Fsp3) is 0.800. The van der Waals surface area contributed by atoms with Crippen LogP contribution in [0, 0.1) is 0 Å². The molecule has 2 rings (SSSR count). The van der Waals surface area contributed by atoms with Gasteiger partial charge in [-0.25, -0.2) is 0 Å². The minimum Gasteiger partial charge on any atom is -0.480 e. The van der Waals surface area contributed by atoms with E-state index >= 15 is 0 Å². The van der Waals surface area contributed by atoms with Crippen LogP contribution in [0.1, 0.15) is 45.8 Å². The largest absolute Gasteiger partial charge is 0.480 e. The number of piperazine rings is 1. The van der Waals surface area contributed by atoms with E-state index in [0.29, 0.717) is 24.7 Å². The van der Waals surface area contributed by atoms with Crippen LogP contribution >= 0.6 is 0 Å². The Balaban J connectivity index is 1.87. The monoisotopic (exact) mass is 310 g/mol. The maximum atomic E-state index is 11.2. The first kappa shape index (κ1) is 16.9. The Hall–Kier alpha value is -1.47. The predicted molar refractivity (Wildman–Crippen MR) is 81.6 cm³/mol. The molecule has 7 nitrogen and oxygen atoms in total. The average Bonchev–Trinajstić information content (AvgIpc) is 2.89. The second-order valence-electron chi connectivity index (χ2n) is 6.84. The number of carboxylic acid groups (broad SMARTS) is 1. The van der Waals surface area contributed by atoms with E-state index in [2.05, 4.69) is 15.0 Å². The molecule has 1 N–H and O–H groups in total. The van der Waals surface area contributed by atoms with Crippen LogP contribution in [0.3, 0.4) is 0 Å². The van der Waals surface area contributed by atoms with Gasteiger partial charge in [0, 0.05) is 31.6 Å². The van der Waals surface area contributed by atoms with Gasteiger partial charge in [-0.15, -0.1) is 0 Å². The molecule has 1 atom stereocenters. The highest BCUT2D eigenvalue weighted by Crippen LogP contribution is 2.20. The molecule has 124 valence electrons. The number of rotatable bonds is 5. The summed E-state index contributed by atoms with van der Waals surface area (Å²) >= 11 is 0. The summed E-state index contributed by atoms with van der Waals surface area (Å²) in [5, 5.41) is 13.3. The Labute approximate surface area is 131 Å². The van der Waals surface area contributed by atoms with Gasteiger partial charge in [-0.05, 0) is 6.42 Å². The Bertz CT molecular complexity index is 501. The van der Waals surface area contributed by atoms with Gasteiger partial charge in [0.2, 0.25) is 5.89 Å². The zero-order valence-electron chi connectivity index (χ0n) is 13.9. The average molecular weight is 310 g/mol. The lowest BCUT2D eigenvalue weighted by atomic mass is 9.97. The van der Waals surface area contributed by atoms with Gasteiger partial charge < -0.3 is 9.63 Å². The highest BCUT2D eigenvalue weighted by atomic mass is 16.5. The Morgan fingerprint density at radius 2 is 1.95 bits per heavy atom. The third-order valence-electron chi connectivity index (χ3n) is 3.99. The smallest absolute Gasteiger partial charge is 0.320 e. The van der Waals surface area contributed by atoms with E-state index in [4.69, 9.17) is 4.52 Å². The van der Waals surface area contributed by atoms with E-state index in [-0.39, 0.29) is 11.5 Å². The van der Waals surface area contributed by atoms with Gasteiger partial charge in [-0.2, -0.15) is 4.98 Å². The first-order chi connectivity index (χ1) is 10.3. The second kappa shape index (κ2) is 6.75. The molecule has 0 aliphatic carbocycles. The van der Waals surface area contributed by atoms with Crippen LogP contribution in [0.2, 0.25) is 0 Å². The van der Waals surface area contributed by atoms with Crippen LogP contribution in [0.15, 0.2) is 4.52 Å². The summed E-state index contributed by atoms with van der Waals surface area (Å²) in [4.78, 5) is 19.9. The summed E-state index contributed by atoms with van der Waals surface area (Å²) < 4.78 is 5.30. The lowest BCUT2D eigenvalue weighted by Gasteiger charge is -2.36. The minimum atomic E-state index is -0.732. The van der Waals surface area contributed by atoms with Gasteiger partial charge in [0.05, 0.1) is 6.54 Å². The summed E-state index contributed by atoms with van der Waals surface area (Å²) in [6.07, 6.45) is 0.634. The number of nitrogens with zero attached hydrogens (tertiary/aromatic N) is 4. The molecule has 0 spiro atoms. The quantitative estimate of drug-likeness (QED) is 0.879. The molecular weight excluding hydrogens is 284 g/mol. The summed E-state index contributed by atoms with van der Waals surface area (Å²) in [5.74, 6) is 0.616. The molecule has 0 amide bonds. The van der Waals surface area contributed by atoms with Crippen LogP contribution in [0.4, 0.5) is 0 Å². The fourth-order valence-electron chi connectivity index (χ4n) is 2.64. The number of hydrogen-bond acceptors (Lipinski definition) is 6. The van der Waals surface area contributed by atoms with E-state index in [9.17, 15) is 9.90 Å². The van der Waals surface area contributed by atoms with Crippen molar-refractivity contribution in [3.05, 3.63) is 11.7 Å². The van der Waals surface area contributed by atoms with Gasteiger partial charge in [0.15, 0.2) is 5.82 Å². The number of carboxylic acids is 1. The SMILES string of the molecule is CCC(C(=O)O)N1CCN(Cc2noc(C(C)(C)C)n2)CC1. The van der Waals surface area contributed by atoms with Crippen molar-refractivity contribution < 1.29 is 14.4 Å². The van der Waals surface area contributed by atoms with Crippen LogP contribution in [0.5, 0.6) is 0 Å². The van der Waals surface area contributed by atoms with Crippen molar-refractivity contribution in [1.82, 2.24) is 19.9 Å². The predicted octanol–water partition coefficient (Wildman–Crippen LogP) is 1.35. The topological polar surface area (TPSA) is 82.7 Å². The van der Waals surface area contributed by atoms with Crippen molar-refractivity contribution in [3.63, 3.8) is 0 Å². The molecule has 1 aromatic heterocycles. The molecule has 1 unspecified atom stereocenters. The van der Waals surface area contributed by atoms with Crippen molar-refractivity contribution in [2.45, 2.75) is 52.1 Å². The molecule has 0 aromatic carbocycles. The standard InChI is InChI=1S/C15H26N4O3/c1-5-11(13(20)21)19-8-6-18(7-9-19)10-12-16-14(22-17-12)15(2,3)4/h11H,5-10H2,1-4H3,(H,20,21). The van der Waals surface area contributed by atoms with Crippen LogP contribution < -0.4 is 0 Å². The minimum absolute atomic E-state index is 0.139. The molecule has 2 heterocycles. The Morgan fingerprint density at radius 1 is 1.32 bits per heavy atom. The highest BCUT2D eigenvalue weighted by Gasteiger charge is 2.28. The van der Waals surface area contributed by atoms with Crippen molar-refractivity contribution in [2.75, 3.05) is 26.2 Å². The van der Waals surface area contributed by atoms with Crippen LogP contribution in [0.25, 0.3) is 0 Å². The van der Waals surface area contributed by atoms with E-state index < -0.39 is 5.97 Å². The molecule has 22 heavy (non-hydrogen) atoms. The van der Waals surface area contributed by atoms with Crippen molar-refractivity contribution in [3.8, 4) is 0 Å². The lowest BCUT2D eigenvalue weighted by Crippen LogP contribution is -2.52. The number of aromatic nitrogens is 2. The molecule has 0 radical (unpaired) electrons. The van der Waals surface area contributed by atoms with Crippen molar-refractivity contribution >= 4 is 5.97 Å². The molecular formula is C15H26N4O3. The zero-order chi connectivity index (χ0) is 16.3. The molecule has 1 fully saturated rings. The number of hydrogen-bond donors (Lipinski definition) is 1. The van der Waals surface area contributed by atoms with Gasteiger partial charge in [-0.3, -0.25) is 14.6 Å². The first-order valence-electron chi connectivity index (χ1n) is 7.83. The lowest BCUT2D eigenvalue weighted by molar-refractivity contribution is -0.144. The van der Waals surface area contributed by atoms with Gasteiger partial charge >= 0.3 is 5.97 Å². The van der Waals surface area contributed by atoms with Crippen molar-refractivity contribution in [2.24, 2.45) is 0 Å². The number of carbonyl (C=O) groups is 1. The number of aliphatic carboxylic acids is 1. The maximum absolute atomic E-state index is 11.2. The van der Waals surface area contributed by atoms with Crippen LogP contribution in [-0.4, -0.2) is 63.2 Å². The molecule has 1 aliphatic heterocycles. The molecule has 0 bridgehead atoms. The molecule has 1 aromatic rings. The summed E-state index contributed by atoms with van der Waals surface area (Å²) in [7, 11) is 0. The first-order valence-corrected chi connectivity index (χ1v) is 7.83. The summed E-state index contributed by atoms with van der Waals surface area (Å²) in [5.41, 5.74) is -0.139. The Kier molecular flexibility index (Phi) is 5.18. The molecule has 1 saturated heterocycles. The van der Waals surface area contributed by atoms with E-state index in [1.807, 2.05) is 32.6 Å². The maximum Gasteiger partial charge on any atom is 0.320 e. The van der Waals surface area contributed by atoms with Crippen molar-refractivity contribution in [1.29, 1.82) is 0 Å². The van der Waals surface area contributed by atoms with Gasteiger partial charge in [-0.1, -0.05) is 32.9 Å². The third-order valence-corrected chi connectivity index (χ3v) is 3.99. The zero-order valence-corrected chi connectivity index (χ0v) is 13.9. The highest BCUT2D eigenvalue weighted by molar-refractivity contribution is 5.73. The van der Waals surface area contributed by atoms with Gasteiger partial charge in [0.25, 0.3) is 0 Å². The second-order valence-corrected chi connectivity index (χ2v) is 6.84.